The number of aromatic nitrogens is 1. The van der Waals surface area contributed by atoms with Gasteiger partial charge in [-0.3, -0.25) is 4.79 Å². The maximum absolute atomic E-state index is 12.7. The number of hydrogen-bond acceptors (Lipinski definition) is 4. The lowest BCUT2D eigenvalue weighted by Gasteiger charge is -2.28. The van der Waals surface area contributed by atoms with Crippen molar-refractivity contribution in [3.05, 3.63) is 59.8 Å². The molecule has 1 unspecified atom stereocenters. The van der Waals surface area contributed by atoms with Crippen LogP contribution in [0.4, 0.5) is 0 Å². The van der Waals surface area contributed by atoms with E-state index in [0.29, 0.717) is 17.9 Å². The maximum atomic E-state index is 12.7. The van der Waals surface area contributed by atoms with Crippen LogP contribution < -0.4 is 4.74 Å². The van der Waals surface area contributed by atoms with E-state index in [4.69, 9.17) is 4.74 Å². The van der Waals surface area contributed by atoms with E-state index in [-0.39, 0.29) is 24.7 Å². The molecule has 0 fully saturated rings. The molecule has 1 atom stereocenters. The van der Waals surface area contributed by atoms with Crippen molar-refractivity contribution in [3.8, 4) is 5.88 Å². The van der Waals surface area contributed by atoms with Gasteiger partial charge in [0.05, 0.1) is 17.7 Å². The Labute approximate surface area is 142 Å². The zero-order valence-corrected chi connectivity index (χ0v) is 14.3. The van der Waals surface area contributed by atoms with E-state index < -0.39 is 0 Å². The molecule has 1 aromatic carbocycles. The van der Waals surface area contributed by atoms with Crippen LogP contribution >= 0.6 is 0 Å². The summed E-state index contributed by atoms with van der Waals surface area (Å²) in [5, 5.41) is 9.35. The van der Waals surface area contributed by atoms with Crippen LogP contribution in [0.3, 0.4) is 0 Å². The molecule has 0 aliphatic heterocycles. The third-order valence-corrected chi connectivity index (χ3v) is 3.71. The number of aliphatic hydroxyl groups excluding tert-OH is 1. The number of ether oxygens (including phenoxy) is 1. The second-order valence-electron chi connectivity index (χ2n) is 5.91. The molecule has 1 aromatic heterocycles. The predicted octanol–water partition coefficient (Wildman–Crippen LogP) is 3.06. The highest BCUT2D eigenvalue weighted by molar-refractivity contribution is 5.94. The van der Waals surface area contributed by atoms with Crippen LogP contribution in [0.15, 0.2) is 48.7 Å². The van der Waals surface area contributed by atoms with E-state index in [0.717, 1.165) is 5.56 Å². The van der Waals surface area contributed by atoms with Crippen LogP contribution in [0.5, 0.6) is 5.88 Å². The smallest absolute Gasteiger partial charge is 0.255 e. The van der Waals surface area contributed by atoms with Gasteiger partial charge in [-0.1, -0.05) is 30.3 Å². The Morgan fingerprint density at radius 2 is 1.92 bits per heavy atom. The first kappa shape index (κ1) is 17.9. The fourth-order valence-electron chi connectivity index (χ4n) is 2.54. The molecule has 0 aliphatic rings. The highest BCUT2D eigenvalue weighted by atomic mass is 16.5. The SMILES string of the molecule is CC(C)Oc1ccc(C(=O)N(C)C(CCO)c2ccccc2)cn1. The molecule has 1 amide bonds. The van der Waals surface area contributed by atoms with Crippen LogP contribution in [0.1, 0.15) is 42.2 Å². The number of hydrogen-bond donors (Lipinski definition) is 1. The Balaban J connectivity index is 2.17. The van der Waals surface area contributed by atoms with E-state index in [1.54, 1.807) is 24.1 Å². The second kappa shape index (κ2) is 8.45. The first-order chi connectivity index (χ1) is 11.5. The van der Waals surface area contributed by atoms with Crippen LogP contribution in [0.2, 0.25) is 0 Å². The molecule has 2 aromatic rings. The Morgan fingerprint density at radius 3 is 2.46 bits per heavy atom. The van der Waals surface area contributed by atoms with Gasteiger partial charge in [-0.25, -0.2) is 4.98 Å². The monoisotopic (exact) mass is 328 g/mol. The Kier molecular flexibility index (Phi) is 6.32. The third-order valence-electron chi connectivity index (χ3n) is 3.71. The van der Waals surface area contributed by atoms with Gasteiger partial charge in [-0.15, -0.1) is 0 Å². The topological polar surface area (TPSA) is 62.7 Å². The molecule has 5 nitrogen and oxygen atoms in total. The largest absolute Gasteiger partial charge is 0.475 e. The van der Waals surface area contributed by atoms with Crippen LogP contribution in [-0.4, -0.2) is 40.7 Å². The summed E-state index contributed by atoms with van der Waals surface area (Å²) in [6, 6.07) is 12.9. The van der Waals surface area contributed by atoms with Gasteiger partial charge in [0.2, 0.25) is 5.88 Å². The van der Waals surface area contributed by atoms with Gasteiger partial charge in [0, 0.05) is 25.9 Å². The highest BCUT2D eigenvalue weighted by Gasteiger charge is 2.22. The zero-order valence-electron chi connectivity index (χ0n) is 14.3. The van der Waals surface area contributed by atoms with Crippen molar-refractivity contribution in [2.75, 3.05) is 13.7 Å². The maximum Gasteiger partial charge on any atom is 0.255 e. The van der Waals surface area contributed by atoms with Crippen LogP contribution in [0, 0.1) is 0 Å². The minimum atomic E-state index is -0.185. The molecule has 128 valence electrons. The van der Waals surface area contributed by atoms with E-state index in [1.165, 1.54) is 6.20 Å². The average Bonchev–Trinajstić information content (AvgIpc) is 2.59. The fourth-order valence-corrected chi connectivity index (χ4v) is 2.54. The molecule has 5 heteroatoms. The summed E-state index contributed by atoms with van der Waals surface area (Å²) in [7, 11) is 1.74. The molecule has 2 rings (SSSR count). The van der Waals surface area contributed by atoms with Crippen molar-refractivity contribution in [2.24, 2.45) is 0 Å². The van der Waals surface area contributed by atoms with Gasteiger partial charge in [0.15, 0.2) is 0 Å². The summed E-state index contributed by atoms with van der Waals surface area (Å²) in [6.45, 7) is 3.86. The van der Waals surface area contributed by atoms with E-state index in [1.807, 2.05) is 44.2 Å². The normalized spacial score (nSPS) is 12.0. The van der Waals surface area contributed by atoms with Crippen molar-refractivity contribution in [2.45, 2.75) is 32.4 Å². The molecule has 0 bridgehead atoms. The third kappa shape index (κ3) is 4.55. The Bertz CT molecular complexity index is 641. The van der Waals surface area contributed by atoms with Crippen molar-refractivity contribution in [1.82, 2.24) is 9.88 Å². The van der Waals surface area contributed by atoms with Crippen LogP contribution in [-0.2, 0) is 0 Å². The molecule has 1 heterocycles. The van der Waals surface area contributed by atoms with Gasteiger partial charge in [-0.2, -0.15) is 0 Å². The second-order valence-corrected chi connectivity index (χ2v) is 5.91. The van der Waals surface area contributed by atoms with Gasteiger partial charge in [-0.05, 0) is 31.9 Å². The zero-order chi connectivity index (χ0) is 17.5. The molecule has 0 aliphatic carbocycles. The molecule has 24 heavy (non-hydrogen) atoms. The van der Waals surface area contributed by atoms with Crippen LogP contribution in [0.25, 0.3) is 0 Å². The molecular weight excluding hydrogens is 304 g/mol. The summed E-state index contributed by atoms with van der Waals surface area (Å²) in [5.41, 5.74) is 1.49. The van der Waals surface area contributed by atoms with Gasteiger partial charge in [0.25, 0.3) is 5.91 Å². The standard InChI is InChI=1S/C19H24N2O3/c1-14(2)24-18-10-9-16(13-20-18)19(23)21(3)17(11-12-22)15-7-5-4-6-8-15/h4-10,13-14,17,22H,11-12H2,1-3H3. The molecular formula is C19H24N2O3. The molecule has 0 saturated carbocycles. The summed E-state index contributed by atoms with van der Waals surface area (Å²) in [6.07, 6.45) is 2.04. The number of carbonyl (C=O) groups is 1. The number of benzene rings is 1. The number of rotatable bonds is 7. The fraction of sp³-hybridized carbons (Fsp3) is 0.368. The lowest BCUT2D eigenvalue weighted by atomic mass is 10.0. The number of nitrogens with zero attached hydrogens (tertiary/aromatic N) is 2. The van der Waals surface area contributed by atoms with Gasteiger partial charge >= 0.3 is 0 Å². The lowest BCUT2D eigenvalue weighted by Crippen LogP contribution is -2.32. The number of carbonyl (C=O) groups excluding carboxylic acids is 1. The number of pyridine rings is 1. The first-order valence-corrected chi connectivity index (χ1v) is 8.08. The number of aliphatic hydroxyl groups is 1. The van der Waals surface area contributed by atoms with Crippen molar-refractivity contribution >= 4 is 5.91 Å². The minimum absolute atomic E-state index is 0.0105. The summed E-state index contributed by atoms with van der Waals surface area (Å²) >= 11 is 0. The molecule has 0 radical (unpaired) electrons. The lowest BCUT2D eigenvalue weighted by molar-refractivity contribution is 0.0704. The first-order valence-electron chi connectivity index (χ1n) is 8.08. The summed E-state index contributed by atoms with van der Waals surface area (Å²) < 4.78 is 5.50. The summed E-state index contributed by atoms with van der Waals surface area (Å²) in [5.74, 6) is 0.361. The predicted molar refractivity (Wildman–Crippen MR) is 93.0 cm³/mol. The molecule has 1 N–H and O–H groups in total. The summed E-state index contributed by atoms with van der Waals surface area (Å²) in [4.78, 5) is 18.6. The van der Waals surface area contributed by atoms with E-state index in [2.05, 4.69) is 4.98 Å². The van der Waals surface area contributed by atoms with Crippen molar-refractivity contribution < 1.29 is 14.6 Å². The molecule has 0 saturated heterocycles. The van der Waals surface area contributed by atoms with E-state index >= 15 is 0 Å². The molecule has 0 spiro atoms. The van der Waals surface area contributed by atoms with E-state index in [9.17, 15) is 9.90 Å². The number of amides is 1. The Morgan fingerprint density at radius 1 is 1.21 bits per heavy atom. The quantitative estimate of drug-likeness (QED) is 0.848. The van der Waals surface area contributed by atoms with Crippen molar-refractivity contribution in [1.29, 1.82) is 0 Å². The minimum Gasteiger partial charge on any atom is -0.475 e. The van der Waals surface area contributed by atoms with Crippen molar-refractivity contribution in [3.63, 3.8) is 0 Å². The van der Waals surface area contributed by atoms with Gasteiger partial charge < -0.3 is 14.7 Å². The highest BCUT2D eigenvalue weighted by Crippen LogP contribution is 2.24. The Hall–Kier alpha value is -2.40. The average molecular weight is 328 g/mol. The van der Waals surface area contributed by atoms with Gasteiger partial charge in [0.1, 0.15) is 0 Å².